The minimum Gasteiger partial charge on any atom is -0.439 e. The predicted molar refractivity (Wildman–Crippen MR) is 202 cm³/mol. The molecule has 0 saturated carbocycles. The van der Waals surface area contributed by atoms with Gasteiger partial charge in [0.15, 0.2) is 0 Å². The van der Waals surface area contributed by atoms with Gasteiger partial charge < -0.3 is 8.82 Å². The summed E-state index contributed by atoms with van der Waals surface area (Å²) >= 11 is 0. The normalized spacial score (nSPS) is 14.1. The van der Waals surface area contributed by atoms with Crippen LogP contribution in [0.25, 0.3) is 87.4 Å². The molecule has 0 aliphatic heterocycles. The molecule has 232 valence electrons. The summed E-state index contributed by atoms with van der Waals surface area (Å²) in [6.45, 7) is 20.9. The Labute approximate surface area is 274 Å². The molecule has 0 saturated heterocycles. The number of furan rings is 1. The van der Waals surface area contributed by atoms with E-state index in [-0.39, 0.29) is 16.2 Å². The van der Waals surface area contributed by atoms with E-state index in [9.17, 15) is 0 Å². The highest BCUT2D eigenvalue weighted by molar-refractivity contribution is 6.35. The zero-order valence-corrected chi connectivity index (χ0v) is 28.8. The number of nitrogens with zero attached hydrogens (tertiary/aromatic N) is 2. The lowest BCUT2D eigenvalue weighted by Crippen LogP contribution is -2.11. The summed E-state index contributed by atoms with van der Waals surface area (Å²) in [7, 11) is 0. The molecule has 0 spiro atoms. The number of aromatic nitrogens is 2. The molecule has 47 heavy (non-hydrogen) atoms. The average molecular weight is 613 g/mol. The summed E-state index contributed by atoms with van der Waals surface area (Å²) in [6.07, 6.45) is 0. The van der Waals surface area contributed by atoms with E-state index in [0.29, 0.717) is 0 Å². The van der Waals surface area contributed by atoms with Crippen LogP contribution < -0.4 is 0 Å². The number of hydrogen-bond acceptors (Lipinski definition) is 1. The van der Waals surface area contributed by atoms with Crippen molar-refractivity contribution < 1.29 is 4.42 Å². The van der Waals surface area contributed by atoms with Crippen LogP contribution in [-0.2, 0) is 16.2 Å². The van der Waals surface area contributed by atoms with Gasteiger partial charge in [0.25, 0.3) is 0 Å². The van der Waals surface area contributed by atoms with Crippen LogP contribution >= 0.6 is 0 Å². The van der Waals surface area contributed by atoms with Crippen LogP contribution in [0.4, 0.5) is 0 Å². The molecule has 0 fully saturated rings. The first kappa shape index (κ1) is 27.4. The van der Waals surface area contributed by atoms with Crippen molar-refractivity contribution in [3.05, 3.63) is 95.6 Å². The maximum Gasteiger partial charge on any atom is 0.213 e. The largest absolute Gasteiger partial charge is 0.439 e. The lowest BCUT2D eigenvalue weighted by molar-refractivity contribution is 0.590. The zero-order valence-electron chi connectivity index (χ0n) is 28.8. The van der Waals surface area contributed by atoms with Crippen molar-refractivity contribution in [3.8, 4) is 0 Å². The average Bonchev–Trinajstić information content (AvgIpc) is 3.78. The summed E-state index contributed by atoms with van der Waals surface area (Å²) in [4.78, 5) is 0. The molecule has 0 N–H and O–H groups in total. The van der Waals surface area contributed by atoms with Gasteiger partial charge in [0.1, 0.15) is 5.58 Å². The van der Waals surface area contributed by atoms with Crippen LogP contribution in [0.1, 0.15) is 79.0 Å². The Balaban J connectivity index is 1.50. The van der Waals surface area contributed by atoms with Gasteiger partial charge in [0.2, 0.25) is 5.71 Å². The second-order valence-corrected chi connectivity index (χ2v) is 17.1. The fourth-order valence-electron chi connectivity index (χ4n) is 8.44. The Morgan fingerprint density at radius 3 is 1.66 bits per heavy atom. The smallest absolute Gasteiger partial charge is 0.213 e. The maximum absolute atomic E-state index is 6.72. The monoisotopic (exact) mass is 612 g/mol. The van der Waals surface area contributed by atoms with Crippen molar-refractivity contribution in [2.45, 2.75) is 78.6 Å². The van der Waals surface area contributed by atoms with Crippen LogP contribution in [0, 0.1) is 0 Å². The number of benzene rings is 5. The molecule has 3 nitrogen and oxygen atoms in total. The first-order valence-corrected chi connectivity index (χ1v) is 17.0. The zero-order chi connectivity index (χ0) is 32.5. The van der Waals surface area contributed by atoms with Crippen molar-refractivity contribution in [2.24, 2.45) is 0 Å². The van der Waals surface area contributed by atoms with E-state index in [2.05, 4.69) is 150 Å². The molecule has 3 heteroatoms. The summed E-state index contributed by atoms with van der Waals surface area (Å²) in [5.74, 6) is 0. The molecule has 0 atom stereocenters. The van der Waals surface area contributed by atoms with Crippen molar-refractivity contribution in [2.75, 3.05) is 0 Å². The highest BCUT2D eigenvalue weighted by atomic mass is 16.3. The Morgan fingerprint density at radius 1 is 0.426 bits per heavy atom. The summed E-state index contributed by atoms with van der Waals surface area (Å²) in [6, 6.07) is 30.2. The van der Waals surface area contributed by atoms with E-state index in [1.54, 1.807) is 0 Å². The molecule has 0 unspecified atom stereocenters. The minimum atomic E-state index is -0.0132. The summed E-state index contributed by atoms with van der Waals surface area (Å²) in [5, 5.41) is 11.6. The van der Waals surface area contributed by atoms with Gasteiger partial charge in [-0.1, -0.05) is 92.6 Å². The van der Waals surface area contributed by atoms with Crippen LogP contribution in [0.5, 0.6) is 0 Å². The second kappa shape index (κ2) is 8.20. The Kier molecular flexibility index (Phi) is 4.77. The van der Waals surface area contributed by atoms with Crippen LogP contribution in [0.2, 0.25) is 0 Å². The SMILES string of the molecule is CC(C)(C)c1ccc2c(c1)c1cc(C(C)(C)C)cc3c4ccc5c(c6cc(C(C)(C)C)cc7c8c9ccccc9oc8n5c76)c4n2c13. The molecule has 0 radical (unpaired) electrons. The van der Waals surface area contributed by atoms with Gasteiger partial charge in [-0.3, -0.25) is 4.40 Å². The molecule has 0 aliphatic carbocycles. The number of para-hydroxylation sites is 1. The first-order valence-electron chi connectivity index (χ1n) is 17.0. The molecule has 5 aromatic heterocycles. The van der Waals surface area contributed by atoms with E-state index in [0.717, 1.165) is 11.3 Å². The highest BCUT2D eigenvalue weighted by Crippen LogP contribution is 2.50. The summed E-state index contributed by atoms with van der Waals surface area (Å²) < 4.78 is 11.7. The molecule has 0 bridgehead atoms. The van der Waals surface area contributed by atoms with Crippen molar-refractivity contribution in [3.63, 3.8) is 0 Å². The van der Waals surface area contributed by atoms with Gasteiger partial charge >= 0.3 is 0 Å². The van der Waals surface area contributed by atoms with Crippen molar-refractivity contribution in [1.29, 1.82) is 0 Å². The number of fused-ring (bicyclic) bond motifs is 15. The third-order valence-corrected chi connectivity index (χ3v) is 11.0. The number of rotatable bonds is 0. The molecular weight excluding hydrogens is 572 g/mol. The van der Waals surface area contributed by atoms with Crippen LogP contribution in [0.3, 0.4) is 0 Å². The van der Waals surface area contributed by atoms with E-state index in [1.165, 1.54) is 92.7 Å². The molecular formula is C44H40N2O. The van der Waals surface area contributed by atoms with E-state index in [4.69, 9.17) is 4.42 Å². The van der Waals surface area contributed by atoms with Crippen molar-refractivity contribution >= 4 is 87.4 Å². The standard InChI is InChI=1S/C44H40N2O/c1-42(2,3)23-14-16-33-28(18-23)30-20-24(43(4,5)6)19-29-26-15-17-34-37(40(26)45(33)38(29)30)32-22-25(44(7,8)9)21-31-36-27-12-10-11-13-35(27)47-41(36)46(34)39(31)32/h10-22H,1-9H3. The molecule has 5 heterocycles. The lowest BCUT2D eigenvalue weighted by atomic mass is 9.84. The Hall–Kier alpha value is -4.76. The second-order valence-electron chi connectivity index (χ2n) is 17.1. The van der Waals surface area contributed by atoms with Gasteiger partial charge in [0, 0.05) is 43.1 Å². The van der Waals surface area contributed by atoms with Gasteiger partial charge in [0.05, 0.1) is 33.0 Å². The molecule has 5 aromatic carbocycles. The lowest BCUT2D eigenvalue weighted by Gasteiger charge is -2.20. The highest BCUT2D eigenvalue weighted by Gasteiger charge is 2.29. The van der Waals surface area contributed by atoms with Crippen LogP contribution in [-0.4, -0.2) is 8.80 Å². The topological polar surface area (TPSA) is 22.0 Å². The fourth-order valence-corrected chi connectivity index (χ4v) is 8.44. The predicted octanol–water partition coefficient (Wildman–Crippen LogP) is 12.6. The van der Waals surface area contributed by atoms with Gasteiger partial charge in [-0.15, -0.1) is 0 Å². The summed E-state index contributed by atoms with van der Waals surface area (Å²) in [5.41, 5.74) is 12.4. The van der Waals surface area contributed by atoms with Crippen LogP contribution in [0.15, 0.2) is 83.3 Å². The minimum absolute atomic E-state index is 0.0132. The number of hydrogen-bond donors (Lipinski definition) is 0. The third-order valence-electron chi connectivity index (χ3n) is 11.0. The quantitative estimate of drug-likeness (QED) is 0.167. The first-order chi connectivity index (χ1) is 22.2. The fraction of sp³-hybridized carbons (Fsp3) is 0.273. The van der Waals surface area contributed by atoms with Gasteiger partial charge in [-0.25, -0.2) is 0 Å². The molecule has 0 amide bonds. The van der Waals surface area contributed by atoms with Gasteiger partial charge in [-0.05, 0) is 81.5 Å². The Bertz CT molecular complexity index is 2940. The third kappa shape index (κ3) is 3.32. The van der Waals surface area contributed by atoms with E-state index in [1.807, 2.05) is 0 Å². The van der Waals surface area contributed by atoms with E-state index >= 15 is 0 Å². The molecule has 10 rings (SSSR count). The Morgan fingerprint density at radius 2 is 0.979 bits per heavy atom. The van der Waals surface area contributed by atoms with E-state index < -0.39 is 0 Å². The molecule has 0 aliphatic rings. The maximum atomic E-state index is 6.72. The van der Waals surface area contributed by atoms with Crippen molar-refractivity contribution in [1.82, 2.24) is 8.80 Å². The molecule has 10 aromatic rings. The van der Waals surface area contributed by atoms with Gasteiger partial charge in [-0.2, -0.15) is 0 Å².